The average molecular weight is 506 g/mol. The standard InChI is InChI=1S/C20H34N4OS.HI/c1-20(2,3)26(25)15-12-22-19(21-4)23-18-10-13-24(14-11-18)16-17-8-6-5-7-9-17;/h5-9,18H,10-16H2,1-4H3,(H2,21,22,23);1H. The van der Waals surface area contributed by atoms with E-state index in [1.807, 2.05) is 20.8 Å². The number of guanidine groups is 1. The third kappa shape index (κ3) is 8.91. The fourth-order valence-electron chi connectivity index (χ4n) is 3.03. The second-order valence-electron chi connectivity index (χ2n) is 7.84. The highest BCUT2D eigenvalue weighted by atomic mass is 127. The number of piperidine rings is 1. The first-order valence-electron chi connectivity index (χ1n) is 9.50. The molecule has 0 bridgehead atoms. The van der Waals surface area contributed by atoms with Crippen LogP contribution in [0.3, 0.4) is 0 Å². The lowest BCUT2D eigenvalue weighted by Gasteiger charge is -2.33. The molecule has 0 radical (unpaired) electrons. The van der Waals surface area contributed by atoms with Crippen molar-refractivity contribution in [3.8, 4) is 0 Å². The fraction of sp³-hybridized carbons (Fsp3) is 0.650. The molecule has 1 saturated heterocycles. The van der Waals surface area contributed by atoms with Crippen LogP contribution in [0.4, 0.5) is 0 Å². The van der Waals surface area contributed by atoms with Gasteiger partial charge >= 0.3 is 0 Å². The van der Waals surface area contributed by atoms with Gasteiger partial charge < -0.3 is 10.6 Å². The Morgan fingerprint density at radius 1 is 1.22 bits per heavy atom. The summed E-state index contributed by atoms with van der Waals surface area (Å²) in [6, 6.07) is 11.1. The molecule has 1 aliphatic heterocycles. The Balaban J connectivity index is 0.00000364. The van der Waals surface area contributed by atoms with Crippen LogP contribution in [-0.2, 0) is 17.3 Å². The second-order valence-corrected chi connectivity index (χ2v) is 10.2. The van der Waals surface area contributed by atoms with Gasteiger partial charge in [-0.15, -0.1) is 24.0 Å². The van der Waals surface area contributed by atoms with E-state index >= 15 is 0 Å². The van der Waals surface area contributed by atoms with Crippen LogP contribution in [0.25, 0.3) is 0 Å². The Morgan fingerprint density at radius 2 is 1.85 bits per heavy atom. The average Bonchev–Trinajstić information content (AvgIpc) is 2.62. The Hall–Kier alpha value is -0.670. The van der Waals surface area contributed by atoms with Crippen molar-refractivity contribution in [1.82, 2.24) is 15.5 Å². The summed E-state index contributed by atoms with van der Waals surface area (Å²) in [5.74, 6) is 1.46. The minimum atomic E-state index is -0.839. The van der Waals surface area contributed by atoms with E-state index in [-0.39, 0.29) is 28.7 Å². The maximum Gasteiger partial charge on any atom is 0.191 e. The molecule has 0 aromatic heterocycles. The molecule has 1 aliphatic rings. The highest BCUT2D eigenvalue weighted by Gasteiger charge is 2.21. The summed E-state index contributed by atoms with van der Waals surface area (Å²) >= 11 is 0. The van der Waals surface area contributed by atoms with Gasteiger partial charge in [-0.25, -0.2) is 0 Å². The molecule has 7 heteroatoms. The van der Waals surface area contributed by atoms with Gasteiger partial charge in [0.1, 0.15) is 0 Å². The molecule has 1 atom stereocenters. The summed E-state index contributed by atoms with van der Waals surface area (Å²) in [4.78, 5) is 6.82. The third-order valence-corrected chi connectivity index (χ3v) is 6.60. The van der Waals surface area contributed by atoms with Gasteiger partial charge in [-0.3, -0.25) is 14.1 Å². The van der Waals surface area contributed by atoms with Gasteiger partial charge in [-0.05, 0) is 39.2 Å². The van der Waals surface area contributed by atoms with Crippen LogP contribution in [0.5, 0.6) is 0 Å². The number of rotatable bonds is 6. The molecule has 154 valence electrons. The van der Waals surface area contributed by atoms with Gasteiger partial charge in [0.2, 0.25) is 0 Å². The van der Waals surface area contributed by atoms with Crippen LogP contribution in [-0.4, -0.2) is 58.3 Å². The number of benzene rings is 1. The number of halogens is 1. The number of nitrogens with one attached hydrogen (secondary N) is 2. The molecule has 0 aliphatic carbocycles. The van der Waals surface area contributed by atoms with Gasteiger partial charge in [0.25, 0.3) is 0 Å². The van der Waals surface area contributed by atoms with E-state index in [0.717, 1.165) is 38.4 Å². The van der Waals surface area contributed by atoms with Crippen LogP contribution in [0.1, 0.15) is 39.2 Å². The molecule has 2 rings (SSSR count). The minimum Gasteiger partial charge on any atom is -0.355 e. The zero-order chi connectivity index (χ0) is 19.0. The molecule has 1 aromatic rings. The number of hydrogen-bond acceptors (Lipinski definition) is 3. The highest BCUT2D eigenvalue weighted by molar-refractivity contribution is 14.0. The van der Waals surface area contributed by atoms with E-state index in [1.165, 1.54) is 5.56 Å². The summed E-state index contributed by atoms with van der Waals surface area (Å²) in [6.45, 7) is 9.93. The Labute approximate surface area is 184 Å². The number of hydrogen-bond donors (Lipinski definition) is 2. The zero-order valence-corrected chi connectivity index (χ0v) is 20.2. The van der Waals surface area contributed by atoms with Crippen LogP contribution in [0, 0.1) is 0 Å². The number of nitrogens with zero attached hydrogens (tertiary/aromatic N) is 2. The lowest BCUT2D eigenvalue weighted by molar-refractivity contribution is 0.198. The molecule has 0 saturated carbocycles. The van der Waals surface area contributed by atoms with E-state index in [1.54, 1.807) is 7.05 Å². The minimum absolute atomic E-state index is 0. The molecule has 1 aromatic carbocycles. The van der Waals surface area contributed by atoms with E-state index in [9.17, 15) is 4.21 Å². The van der Waals surface area contributed by atoms with Gasteiger partial charge in [0.15, 0.2) is 5.96 Å². The molecule has 1 unspecified atom stereocenters. The predicted octanol–water partition coefficient (Wildman–Crippen LogP) is 2.98. The van der Waals surface area contributed by atoms with Gasteiger partial charge in [0, 0.05) is 60.6 Å². The molecule has 1 heterocycles. The van der Waals surface area contributed by atoms with E-state index in [2.05, 4.69) is 50.9 Å². The molecule has 0 amide bonds. The van der Waals surface area contributed by atoms with Crippen LogP contribution in [0.2, 0.25) is 0 Å². The maximum atomic E-state index is 12.1. The quantitative estimate of drug-likeness (QED) is 0.354. The van der Waals surface area contributed by atoms with Crippen LogP contribution >= 0.6 is 24.0 Å². The summed E-state index contributed by atoms with van der Waals surface area (Å²) in [5.41, 5.74) is 1.38. The maximum absolute atomic E-state index is 12.1. The van der Waals surface area contributed by atoms with Crippen molar-refractivity contribution in [2.24, 2.45) is 4.99 Å². The van der Waals surface area contributed by atoms with Gasteiger partial charge in [-0.2, -0.15) is 0 Å². The molecular formula is C20H35IN4OS. The molecule has 2 N–H and O–H groups in total. The number of aliphatic imine (C=N–C) groups is 1. The molecule has 0 spiro atoms. The summed E-state index contributed by atoms with van der Waals surface area (Å²) in [6.07, 6.45) is 2.23. The first kappa shape index (κ1) is 24.4. The van der Waals surface area contributed by atoms with Crippen molar-refractivity contribution in [3.63, 3.8) is 0 Å². The molecule has 1 fully saturated rings. The Kier molecular flexibility index (Phi) is 10.8. The van der Waals surface area contributed by atoms with Crippen molar-refractivity contribution in [3.05, 3.63) is 35.9 Å². The summed E-state index contributed by atoms with van der Waals surface area (Å²) < 4.78 is 12.0. The lowest BCUT2D eigenvalue weighted by atomic mass is 10.0. The Morgan fingerprint density at radius 3 is 2.41 bits per heavy atom. The largest absolute Gasteiger partial charge is 0.355 e. The molecule has 27 heavy (non-hydrogen) atoms. The number of likely N-dealkylation sites (tertiary alicyclic amines) is 1. The third-order valence-electron chi connectivity index (χ3n) is 4.66. The van der Waals surface area contributed by atoms with Crippen molar-refractivity contribution >= 4 is 40.7 Å². The smallest absolute Gasteiger partial charge is 0.191 e. The van der Waals surface area contributed by atoms with Gasteiger partial charge in [0.05, 0.1) is 0 Å². The van der Waals surface area contributed by atoms with Crippen LogP contribution in [0.15, 0.2) is 35.3 Å². The monoisotopic (exact) mass is 506 g/mol. The van der Waals surface area contributed by atoms with E-state index in [0.29, 0.717) is 18.3 Å². The zero-order valence-electron chi connectivity index (χ0n) is 17.0. The first-order chi connectivity index (χ1) is 12.4. The van der Waals surface area contributed by atoms with Gasteiger partial charge in [-0.1, -0.05) is 30.3 Å². The molecular weight excluding hydrogens is 471 g/mol. The van der Waals surface area contributed by atoms with Crippen molar-refractivity contribution < 1.29 is 4.21 Å². The normalized spacial score (nSPS) is 17.9. The fourth-order valence-corrected chi connectivity index (χ4v) is 3.93. The predicted molar refractivity (Wildman–Crippen MR) is 127 cm³/mol. The highest BCUT2D eigenvalue weighted by Crippen LogP contribution is 2.14. The topological polar surface area (TPSA) is 56.7 Å². The van der Waals surface area contributed by atoms with Crippen molar-refractivity contribution in [1.29, 1.82) is 0 Å². The summed E-state index contributed by atoms with van der Waals surface area (Å²) in [5, 5.41) is 6.82. The summed E-state index contributed by atoms with van der Waals surface area (Å²) in [7, 11) is 0.954. The van der Waals surface area contributed by atoms with E-state index in [4.69, 9.17) is 0 Å². The van der Waals surface area contributed by atoms with Crippen molar-refractivity contribution in [2.75, 3.05) is 32.4 Å². The van der Waals surface area contributed by atoms with Crippen molar-refractivity contribution in [2.45, 2.75) is 50.9 Å². The lowest BCUT2D eigenvalue weighted by Crippen LogP contribution is -2.49. The Bertz CT molecular complexity index is 596. The van der Waals surface area contributed by atoms with Crippen LogP contribution < -0.4 is 10.6 Å². The molecule has 5 nitrogen and oxygen atoms in total. The second kappa shape index (κ2) is 12.0. The first-order valence-corrected chi connectivity index (χ1v) is 10.8. The SMILES string of the molecule is CN=C(NCCS(=O)C(C)(C)C)NC1CCN(Cc2ccccc2)CC1.I. The van der Waals surface area contributed by atoms with E-state index < -0.39 is 10.8 Å².